The van der Waals surface area contributed by atoms with Crippen LogP contribution in [0.15, 0.2) is 19.3 Å². The second-order valence-electron chi connectivity index (χ2n) is 13.6. The number of nitrogens with zero attached hydrogens (tertiary/aromatic N) is 1. The van der Waals surface area contributed by atoms with Crippen LogP contribution in [0.2, 0.25) is 0 Å². The van der Waals surface area contributed by atoms with Gasteiger partial charge in [0.1, 0.15) is 9.27 Å². The average Bonchev–Trinajstić information content (AvgIpc) is 3.07. The summed E-state index contributed by atoms with van der Waals surface area (Å²) in [5, 5.41) is 12.5. The molecular weight excluding hydrogens is 694 g/mol. The topological polar surface area (TPSA) is 43.1 Å². The highest BCUT2D eigenvalue weighted by Crippen LogP contribution is 2.41. The first-order valence-corrected chi connectivity index (χ1v) is 24.0. The third-order valence-corrected chi connectivity index (χ3v) is 13.6. The fourth-order valence-corrected chi connectivity index (χ4v) is 9.88. The molecule has 0 aliphatic heterocycles. The molecule has 8 heteroatoms. The first kappa shape index (κ1) is 48.5. The third kappa shape index (κ3) is 31.3. The van der Waals surface area contributed by atoms with E-state index in [1.807, 2.05) is 0 Å². The van der Waals surface area contributed by atoms with Gasteiger partial charge in [-0.1, -0.05) is 217 Å². The van der Waals surface area contributed by atoms with Crippen molar-refractivity contribution < 1.29 is 4.92 Å². The van der Waals surface area contributed by atoms with Crippen LogP contribution in [0, 0.1) is 10.1 Å². The molecule has 0 aromatic heterocycles. The molecule has 0 rings (SSSR count). The van der Waals surface area contributed by atoms with E-state index in [0.29, 0.717) is 4.36 Å². The van der Waals surface area contributed by atoms with Crippen molar-refractivity contribution in [3.8, 4) is 0 Å². The van der Waals surface area contributed by atoms with Crippen LogP contribution < -0.4 is 0 Å². The van der Waals surface area contributed by atoms with Gasteiger partial charge in [0, 0.05) is 0 Å². The monoisotopic (exact) mass is 767 g/mol. The maximum absolute atomic E-state index is 12.4. The molecule has 0 radical (unpaired) electrons. The molecule has 284 valence electrons. The van der Waals surface area contributed by atoms with Gasteiger partial charge in [-0.2, -0.15) is 0 Å². The molecule has 0 amide bonds. The summed E-state index contributed by atoms with van der Waals surface area (Å²) in [4.78, 5) is 12.1. The Balaban J connectivity index is 4.87. The third-order valence-electron chi connectivity index (χ3n) is 8.95. The van der Waals surface area contributed by atoms with Gasteiger partial charge in [-0.3, -0.25) is 10.1 Å². The maximum atomic E-state index is 12.4. The zero-order valence-electron chi connectivity index (χ0n) is 31.6. The number of allylic oxidation sites excluding steroid dienone is 1. The molecule has 0 aliphatic carbocycles. The van der Waals surface area contributed by atoms with Crippen LogP contribution in [-0.2, 0) is 0 Å². The zero-order valence-corrected chi connectivity index (χ0v) is 35.5. The lowest BCUT2D eigenvalue weighted by molar-refractivity contribution is -0.419. The Hall–Kier alpha value is 0.510. The van der Waals surface area contributed by atoms with Gasteiger partial charge in [0.25, 0.3) is 0 Å². The molecule has 3 nitrogen and oxygen atoms in total. The number of hydrogen-bond acceptors (Lipinski definition) is 5. The van der Waals surface area contributed by atoms with Crippen molar-refractivity contribution in [2.45, 2.75) is 213 Å². The summed E-state index contributed by atoms with van der Waals surface area (Å²) >= 11 is 18.1. The molecule has 0 fully saturated rings. The molecule has 0 bridgehead atoms. The highest BCUT2D eigenvalue weighted by atomic mass is 35.5. The summed E-state index contributed by atoms with van der Waals surface area (Å²) in [6.45, 7) is 6.79. The SMILES string of the molecule is CCCCCCCCCCCCSC(SCCCCCCCCCCCC)=C(/C(Cl)=C(\Cl)SCCCCCCCCCCCC)[N+](=O)[O-]. The van der Waals surface area contributed by atoms with Gasteiger partial charge in [-0.05, 0) is 36.5 Å². The smallest absolute Gasteiger partial charge is 0.258 e. The number of rotatable bonds is 38. The van der Waals surface area contributed by atoms with Crippen molar-refractivity contribution in [3.63, 3.8) is 0 Å². The Morgan fingerprint density at radius 3 is 0.958 bits per heavy atom. The van der Waals surface area contributed by atoms with Crippen LogP contribution in [0.4, 0.5) is 0 Å². The van der Waals surface area contributed by atoms with E-state index in [1.165, 1.54) is 185 Å². The molecule has 0 unspecified atom stereocenters. The zero-order chi connectivity index (χ0) is 35.3. The van der Waals surface area contributed by atoms with E-state index < -0.39 is 0 Å². The van der Waals surface area contributed by atoms with Gasteiger partial charge in [0.15, 0.2) is 0 Å². The number of unbranched alkanes of at least 4 members (excludes halogenated alkanes) is 27. The average molecular weight is 769 g/mol. The lowest BCUT2D eigenvalue weighted by atomic mass is 10.1. The first-order chi connectivity index (χ1) is 23.5. The van der Waals surface area contributed by atoms with Gasteiger partial charge < -0.3 is 0 Å². The molecule has 0 N–H and O–H groups in total. The largest absolute Gasteiger partial charge is 0.309 e. The predicted octanol–water partition coefficient (Wildman–Crippen LogP) is 17.0. The Kier molecular flexibility index (Phi) is 39.1. The van der Waals surface area contributed by atoms with Gasteiger partial charge in [0.05, 0.1) is 9.29 Å². The van der Waals surface area contributed by atoms with Gasteiger partial charge in [0.2, 0.25) is 0 Å². The molecule has 0 aliphatic rings. The summed E-state index contributed by atoms with van der Waals surface area (Å²) in [6.07, 6.45) is 38.7. The highest BCUT2D eigenvalue weighted by Gasteiger charge is 2.26. The molecule has 0 heterocycles. The van der Waals surface area contributed by atoms with Crippen LogP contribution in [0.1, 0.15) is 213 Å². The summed E-state index contributed by atoms with van der Waals surface area (Å²) in [5.74, 6) is 2.63. The van der Waals surface area contributed by atoms with E-state index in [1.54, 1.807) is 23.5 Å². The van der Waals surface area contributed by atoms with E-state index in [2.05, 4.69) is 20.8 Å². The molecule has 48 heavy (non-hydrogen) atoms. The van der Waals surface area contributed by atoms with E-state index in [4.69, 9.17) is 23.2 Å². The maximum Gasteiger partial charge on any atom is 0.309 e. The van der Waals surface area contributed by atoms with Gasteiger partial charge in [-0.15, -0.1) is 35.3 Å². The van der Waals surface area contributed by atoms with Crippen LogP contribution in [0.5, 0.6) is 0 Å². The van der Waals surface area contributed by atoms with Crippen molar-refractivity contribution in [2.24, 2.45) is 0 Å². The Bertz CT molecular complexity index is 766. The molecule has 0 saturated carbocycles. The summed E-state index contributed by atoms with van der Waals surface area (Å²) in [5.41, 5.74) is 0.0198. The van der Waals surface area contributed by atoms with Crippen molar-refractivity contribution >= 4 is 58.5 Å². The van der Waals surface area contributed by atoms with Crippen LogP contribution in [0.25, 0.3) is 0 Å². The normalized spacial score (nSPS) is 12.0. The van der Waals surface area contributed by atoms with E-state index >= 15 is 0 Å². The summed E-state index contributed by atoms with van der Waals surface area (Å²) in [6, 6.07) is 0. The lowest BCUT2D eigenvalue weighted by Crippen LogP contribution is -2.03. The second kappa shape index (κ2) is 38.7. The minimum Gasteiger partial charge on any atom is -0.258 e. The molecule has 0 atom stereocenters. The molecule has 0 aromatic carbocycles. The lowest BCUT2D eigenvalue weighted by Gasteiger charge is -2.10. The second-order valence-corrected chi connectivity index (χ2v) is 18.1. The van der Waals surface area contributed by atoms with Crippen molar-refractivity contribution in [3.05, 3.63) is 29.4 Å². The number of halogens is 2. The van der Waals surface area contributed by atoms with Gasteiger partial charge in [-0.25, -0.2) is 0 Å². The van der Waals surface area contributed by atoms with E-state index in [0.717, 1.165) is 40.8 Å². The fraction of sp³-hybridized carbons (Fsp3) is 0.900. The number of thioether (sulfide) groups is 3. The van der Waals surface area contributed by atoms with Crippen LogP contribution >= 0.6 is 58.5 Å². The summed E-state index contributed by atoms with van der Waals surface area (Å²) < 4.78 is 1.12. The van der Waals surface area contributed by atoms with Crippen molar-refractivity contribution in [1.82, 2.24) is 0 Å². The minimum absolute atomic E-state index is 0.0198. The Labute approximate surface area is 321 Å². The van der Waals surface area contributed by atoms with E-state index in [9.17, 15) is 10.1 Å². The summed E-state index contributed by atoms with van der Waals surface area (Å²) in [7, 11) is 0. The molecular formula is C40H75Cl2NO2S3. The van der Waals surface area contributed by atoms with Gasteiger partial charge >= 0.3 is 5.70 Å². The number of nitro groups is 1. The van der Waals surface area contributed by atoms with Crippen LogP contribution in [-0.4, -0.2) is 22.2 Å². The number of hydrogen-bond donors (Lipinski definition) is 0. The molecule has 0 spiro atoms. The Morgan fingerprint density at radius 2 is 0.688 bits per heavy atom. The van der Waals surface area contributed by atoms with Crippen molar-refractivity contribution in [1.29, 1.82) is 0 Å². The highest BCUT2D eigenvalue weighted by molar-refractivity contribution is 8.22. The predicted molar refractivity (Wildman–Crippen MR) is 226 cm³/mol. The molecule has 0 aromatic rings. The quantitative estimate of drug-likeness (QED) is 0.0271. The van der Waals surface area contributed by atoms with Crippen molar-refractivity contribution in [2.75, 3.05) is 17.3 Å². The fourth-order valence-electron chi connectivity index (χ4n) is 5.84. The van der Waals surface area contributed by atoms with Crippen LogP contribution in [0.3, 0.4) is 0 Å². The standard InChI is InChI=1S/C40H75Cl2NO2S3/c1-4-7-10-13-16-19-22-25-28-31-34-46-39(42)37(41)38(43(44)45)40(47-35-32-29-26-23-20-17-14-11-8-5-2)48-36-33-30-27-24-21-18-15-12-9-6-3/h4-36H2,1-3H3/b39-37-. The minimum atomic E-state index is -0.293. The van der Waals surface area contributed by atoms with E-state index in [-0.39, 0.29) is 15.7 Å². The molecule has 0 saturated heterocycles. The first-order valence-electron chi connectivity index (χ1n) is 20.3. The Morgan fingerprint density at radius 1 is 0.438 bits per heavy atom.